The van der Waals surface area contributed by atoms with Crippen molar-refractivity contribution in [2.24, 2.45) is 0 Å². The van der Waals surface area contributed by atoms with Gasteiger partial charge in [-0.1, -0.05) is 6.07 Å². The van der Waals surface area contributed by atoms with Crippen LogP contribution in [0.15, 0.2) is 41.6 Å². The Labute approximate surface area is 165 Å². The van der Waals surface area contributed by atoms with Crippen LogP contribution in [0.3, 0.4) is 0 Å². The second-order valence-corrected chi connectivity index (χ2v) is 8.82. The van der Waals surface area contributed by atoms with Crippen LogP contribution in [0.4, 0.5) is 0 Å². The van der Waals surface area contributed by atoms with E-state index in [0.717, 1.165) is 11.1 Å². The largest absolute Gasteiger partial charge is 0.393 e. The summed E-state index contributed by atoms with van der Waals surface area (Å²) < 4.78 is 29.2. The minimum absolute atomic E-state index is 0.0319. The number of hydrogen-bond acceptors (Lipinski definition) is 5. The number of nitrogens with zero attached hydrogens (tertiary/aromatic N) is 3. The van der Waals surface area contributed by atoms with Gasteiger partial charge in [-0.05, 0) is 49.1 Å². The van der Waals surface area contributed by atoms with Gasteiger partial charge in [0.05, 0.1) is 11.0 Å². The number of nitrogens with one attached hydrogen (secondary N) is 1. The van der Waals surface area contributed by atoms with Gasteiger partial charge in [-0.2, -0.15) is 5.10 Å². The van der Waals surface area contributed by atoms with Crippen LogP contribution in [0, 0.1) is 0 Å². The number of sulfonamides is 1. The van der Waals surface area contributed by atoms with Crippen LogP contribution in [0.1, 0.15) is 30.9 Å². The van der Waals surface area contributed by atoms with Crippen LogP contribution in [0.5, 0.6) is 0 Å². The van der Waals surface area contributed by atoms with Crippen LogP contribution in [0.2, 0.25) is 0 Å². The number of aryl methyl sites for hydroxylation is 1. The van der Waals surface area contributed by atoms with E-state index in [9.17, 15) is 18.3 Å². The normalized spacial score (nSPS) is 15.3. The number of amides is 1. The Hall–Kier alpha value is -2.23. The maximum atomic E-state index is 12.5. The van der Waals surface area contributed by atoms with Gasteiger partial charge in [-0.25, -0.2) is 13.1 Å². The van der Waals surface area contributed by atoms with Crippen molar-refractivity contribution < 1.29 is 18.3 Å². The van der Waals surface area contributed by atoms with Crippen molar-refractivity contribution in [1.82, 2.24) is 19.4 Å². The monoisotopic (exact) mass is 406 g/mol. The van der Waals surface area contributed by atoms with Crippen LogP contribution >= 0.6 is 0 Å². The topological polar surface area (TPSA) is 105 Å². The molecular weight excluding hydrogens is 380 g/mol. The maximum absolute atomic E-state index is 12.5. The molecule has 0 radical (unpaired) electrons. The third-order valence-corrected chi connectivity index (χ3v) is 6.28. The van der Waals surface area contributed by atoms with Gasteiger partial charge in [0.1, 0.15) is 0 Å². The highest BCUT2D eigenvalue weighted by Crippen LogP contribution is 2.23. The summed E-state index contributed by atoms with van der Waals surface area (Å²) in [6.45, 7) is 3.35. The Morgan fingerprint density at radius 1 is 1.36 bits per heavy atom. The zero-order valence-electron chi connectivity index (χ0n) is 15.9. The molecule has 1 aromatic carbocycles. The molecule has 2 heterocycles. The lowest BCUT2D eigenvalue weighted by Gasteiger charge is -2.29. The molecule has 0 saturated carbocycles. The Kier molecular flexibility index (Phi) is 6.48. The fraction of sp³-hybridized carbons (Fsp3) is 0.474. The van der Waals surface area contributed by atoms with Gasteiger partial charge < -0.3 is 10.0 Å². The second-order valence-electron chi connectivity index (χ2n) is 7.05. The highest BCUT2D eigenvalue weighted by molar-refractivity contribution is 7.89. The Morgan fingerprint density at radius 3 is 2.89 bits per heavy atom. The number of hydrogen-bond donors (Lipinski definition) is 2. The molecule has 2 aromatic rings. The SMILES string of the molecule is CC(O)CCNS(=O)(=O)c1ccc2c(c1)CN(C(=O)CCn1cccn1)CC2. The van der Waals surface area contributed by atoms with E-state index in [2.05, 4.69) is 9.82 Å². The molecule has 28 heavy (non-hydrogen) atoms. The lowest BCUT2D eigenvalue weighted by atomic mass is 9.99. The first-order valence-electron chi connectivity index (χ1n) is 9.40. The minimum Gasteiger partial charge on any atom is -0.393 e. The van der Waals surface area contributed by atoms with E-state index in [-0.39, 0.29) is 17.3 Å². The number of aliphatic hydroxyl groups excluding tert-OH is 1. The van der Waals surface area contributed by atoms with E-state index in [0.29, 0.717) is 38.9 Å². The summed E-state index contributed by atoms with van der Waals surface area (Å²) in [6.07, 6.45) is 4.35. The zero-order chi connectivity index (χ0) is 20.1. The summed E-state index contributed by atoms with van der Waals surface area (Å²) in [6, 6.07) is 6.88. The molecule has 1 atom stereocenters. The first-order valence-corrected chi connectivity index (χ1v) is 10.9. The molecule has 1 aliphatic heterocycles. The minimum atomic E-state index is -3.64. The molecule has 0 fully saturated rings. The third-order valence-electron chi connectivity index (χ3n) is 4.82. The van der Waals surface area contributed by atoms with Crippen molar-refractivity contribution >= 4 is 15.9 Å². The lowest BCUT2D eigenvalue weighted by molar-refractivity contribution is -0.132. The molecule has 0 spiro atoms. The molecule has 1 unspecified atom stereocenters. The number of aliphatic hydroxyl groups is 1. The molecule has 8 nitrogen and oxygen atoms in total. The number of aromatic nitrogens is 2. The molecule has 2 N–H and O–H groups in total. The van der Waals surface area contributed by atoms with Gasteiger partial charge in [0, 0.05) is 45.0 Å². The average molecular weight is 407 g/mol. The molecule has 1 aromatic heterocycles. The first-order chi connectivity index (χ1) is 13.3. The van der Waals surface area contributed by atoms with Crippen LogP contribution in [-0.2, 0) is 34.3 Å². The van der Waals surface area contributed by atoms with Gasteiger partial charge in [-0.3, -0.25) is 9.48 Å². The fourth-order valence-corrected chi connectivity index (χ4v) is 4.30. The highest BCUT2D eigenvalue weighted by Gasteiger charge is 2.23. The third kappa shape index (κ3) is 5.18. The summed E-state index contributed by atoms with van der Waals surface area (Å²) in [5, 5.41) is 13.4. The average Bonchev–Trinajstić information content (AvgIpc) is 3.18. The van der Waals surface area contributed by atoms with E-state index < -0.39 is 16.1 Å². The van der Waals surface area contributed by atoms with E-state index in [1.165, 1.54) is 0 Å². The van der Waals surface area contributed by atoms with Crippen molar-refractivity contribution in [3.8, 4) is 0 Å². The van der Waals surface area contributed by atoms with Crippen molar-refractivity contribution in [2.75, 3.05) is 13.1 Å². The van der Waals surface area contributed by atoms with E-state index >= 15 is 0 Å². The van der Waals surface area contributed by atoms with Gasteiger partial charge >= 0.3 is 0 Å². The number of rotatable bonds is 8. The van der Waals surface area contributed by atoms with Crippen LogP contribution in [0.25, 0.3) is 0 Å². The molecular formula is C19H26N4O4S. The number of carbonyl (C=O) groups excluding carboxylic acids is 1. The van der Waals surface area contributed by atoms with E-state index in [4.69, 9.17) is 0 Å². The lowest BCUT2D eigenvalue weighted by Crippen LogP contribution is -2.36. The van der Waals surface area contributed by atoms with Gasteiger partial charge in [0.25, 0.3) is 0 Å². The standard InChI is InChI=1S/C19H26N4O4S/c1-15(24)5-9-21-28(26,27)18-4-3-16-6-11-22(14-17(16)13-18)19(25)7-12-23-10-2-8-20-23/h2-4,8,10,13,15,21,24H,5-7,9,11-12,14H2,1H3. The number of fused-ring (bicyclic) bond motifs is 1. The smallest absolute Gasteiger partial charge is 0.240 e. The molecule has 152 valence electrons. The van der Waals surface area contributed by atoms with Crippen LogP contribution in [-0.4, -0.2) is 53.3 Å². The van der Waals surface area contributed by atoms with Gasteiger partial charge in [-0.15, -0.1) is 0 Å². The van der Waals surface area contributed by atoms with E-state index in [1.807, 2.05) is 18.3 Å². The highest BCUT2D eigenvalue weighted by atomic mass is 32.2. The van der Waals surface area contributed by atoms with Gasteiger partial charge in [0.2, 0.25) is 15.9 Å². The number of benzene rings is 1. The Morgan fingerprint density at radius 2 is 2.18 bits per heavy atom. The maximum Gasteiger partial charge on any atom is 0.240 e. The predicted octanol–water partition coefficient (Wildman–Crippen LogP) is 0.907. The molecule has 3 rings (SSSR count). The molecule has 0 saturated heterocycles. The quantitative estimate of drug-likeness (QED) is 0.678. The molecule has 0 aliphatic carbocycles. The molecule has 1 aliphatic rings. The summed E-state index contributed by atoms with van der Waals surface area (Å²) in [5.74, 6) is 0.0319. The van der Waals surface area contributed by atoms with Crippen LogP contribution < -0.4 is 4.72 Å². The Balaban J connectivity index is 1.65. The van der Waals surface area contributed by atoms with Crippen molar-refractivity contribution in [3.63, 3.8) is 0 Å². The second kappa shape index (κ2) is 8.85. The van der Waals surface area contributed by atoms with Crippen molar-refractivity contribution in [3.05, 3.63) is 47.8 Å². The van der Waals surface area contributed by atoms with E-state index in [1.54, 1.807) is 34.8 Å². The summed E-state index contributed by atoms with van der Waals surface area (Å²) in [5.41, 5.74) is 1.93. The Bertz CT molecular complexity index is 910. The number of carbonyl (C=O) groups is 1. The summed E-state index contributed by atoms with van der Waals surface area (Å²) >= 11 is 0. The predicted molar refractivity (Wildman–Crippen MR) is 104 cm³/mol. The summed E-state index contributed by atoms with van der Waals surface area (Å²) in [4.78, 5) is 14.5. The molecule has 1 amide bonds. The van der Waals surface area contributed by atoms with Crippen molar-refractivity contribution in [1.29, 1.82) is 0 Å². The first kappa shape index (κ1) is 20.5. The van der Waals surface area contributed by atoms with Crippen molar-refractivity contribution in [2.45, 2.75) is 50.3 Å². The fourth-order valence-electron chi connectivity index (χ4n) is 3.20. The molecule has 9 heteroatoms. The summed E-state index contributed by atoms with van der Waals surface area (Å²) in [7, 11) is -3.64. The zero-order valence-corrected chi connectivity index (χ0v) is 16.7. The van der Waals surface area contributed by atoms with Gasteiger partial charge in [0.15, 0.2) is 0 Å². The molecule has 0 bridgehead atoms.